The van der Waals surface area contributed by atoms with Crippen molar-refractivity contribution in [2.24, 2.45) is 0 Å². The quantitative estimate of drug-likeness (QED) is 0.380. The van der Waals surface area contributed by atoms with Crippen molar-refractivity contribution >= 4 is 0 Å². The van der Waals surface area contributed by atoms with Gasteiger partial charge in [-0.05, 0) is 0 Å². The van der Waals surface area contributed by atoms with Crippen LogP contribution in [-0.4, -0.2) is 51.1 Å². The molecule has 0 unspecified atom stereocenters. The van der Waals surface area contributed by atoms with Gasteiger partial charge in [-0.15, -0.1) is 0 Å². The molecule has 72 valence electrons. The maximum absolute atomic E-state index is 9.49. The second-order valence-corrected chi connectivity index (χ2v) is 3.01. The van der Waals surface area contributed by atoms with Crippen LogP contribution in [0.3, 0.4) is 0 Å². The van der Waals surface area contributed by atoms with E-state index in [-0.39, 0.29) is 13.0 Å². The zero-order valence-corrected chi connectivity index (χ0v) is 6.84. The zero-order chi connectivity index (χ0) is 9.35. The van der Waals surface area contributed by atoms with E-state index in [4.69, 9.17) is 9.84 Å². The Kier molecular flexibility index (Phi) is 2.70. The molecule has 0 saturated carbocycles. The van der Waals surface area contributed by atoms with E-state index in [2.05, 4.69) is 0 Å². The first kappa shape index (κ1) is 9.88. The Morgan fingerprint density at radius 1 is 1.42 bits per heavy atom. The van der Waals surface area contributed by atoms with E-state index in [9.17, 15) is 15.3 Å². The summed E-state index contributed by atoms with van der Waals surface area (Å²) in [6.45, 7) is 1.45. The van der Waals surface area contributed by atoms with Crippen LogP contribution >= 0.6 is 0 Å². The van der Waals surface area contributed by atoms with Gasteiger partial charge in [0.25, 0.3) is 0 Å². The number of rotatable bonds is 1. The van der Waals surface area contributed by atoms with Crippen LogP contribution < -0.4 is 0 Å². The zero-order valence-electron chi connectivity index (χ0n) is 6.84. The topological polar surface area (TPSA) is 90.2 Å². The molecule has 5 heteroatoms. The summed E-state index contributed by atoms with van der Waals surface area (Å²) in [7, 11) is 0. The predicted molar refractivity (Wildman–Crippen MR) is 39.2 cm³/mol. The van der Waals surface area contributed by atoms with E-state index in [0.717, 1.165) is 0 Å². The number of ether oxygens (including phenoxy) is 1. The largest absolute Gasteiger partial charge is 0.388 e. The van der Waals surface area contributed by atoms with E-state index in [1.165, 1.54) is 0 Å². The molecule has 1 rings (SSSR count). The molecule has 4 N–H and O–H groups in total. The summed E-state index contributed by atoms with van der Waals surface area (Å²) >= 11 is 0. The molecule has 0 spiro atoms. The van der Waals surface area contributed by atoms with E-state index in [1.807, 2.05) is 0 Å². The molecule has 0 aromatic carbocycles. The first-order valence-corrected chi connectivity index (χ1v) is 3.92. The van der Waals surface area contributed by atoms with E-state index >= 15 is 0 Å². The summed E-state index contributed by atoms with van der Waals surface area (Å²) in [4.78, 5) is 0. The van der Waals surface area contributed by atoms with Gasteiger partial charge in [-0.3, -0.25) is 0 Å². The Morgan fingerprint density at radius 3 is 2.50 bits per heavy atom. The number of hydrogen-bond acceptors (Lipinski definition) is 5. The molecule has 5 nitrogen and oxygen atoms in total. The fourth-order valence-corrected chi connectivity index (χ4v) is 1.20. The molecule has 1 fully saturated rings. The summed E-state index contributed by atoms with van der Waals surface area (Å²) in [5.74, 6) is -1.72. The number of aliphatic hydroxyl groups is 4. The van der Waals surface area contributed by atoms with Gasteiger partial charge in [-0.25, -0.2) is 0 Å². The summed E-state index contributed by atoms with van der Waals surface area (Å²) in [5.41, 5.74) is 0. The first-order valence-electron chi connectivity index (χ1n) is 3.92. The Balaban J connectivity index is 2.71. The Labute approximate surface area is 70.2 Å². The van der Waals surface area contributed by atoms with Gasteiger partial charge >= 0.3 is 0 Å². The lowest BCUT2D eigenvalue weighted by atomic mass is 9.95. The van der Waals surface area contributed by atoms with Crippen LogP contribution in [0.15, 0.2) is 0 Å². The minimum absolute atomic E-state index is 0.164. The van der Waals surface area contributed by atoms with Crippen molar-refractivity contribution in [2.45, 2.75) is 37.4 Å². The number of aliphatic hydroxyl groups excluding tert-OH is 3. The van der Waals surface area contributed by atoms with Crippen LogP contribution in [0.1, 0.15) is 13.3 Å². The monoisotopic (exact) mass is 178 g/mol. The Morgan fingerprint density at radius 2 is 2.00 bits per heavy atom. The van der Waals surface area contributed by atoms with Gasteiger partial charge in [0.1, 0.15) is 18.3 Å². The highest BCUT2D eigenvalue weighted by molar-refractivity contribution is 4.90. The molecule has 1 heterocycles. The highest BCUT2D eigenvalue weighted by atomic mass is 16.6. The molecule has 0 radical (unpaired) electrons. The average molecular weight is 178 g/mol. The molecule has 0 bridgehead atoms. The van der Waals surface area contributed by atoms with Gasteiger partial charge in [0.05, 0.1) is 6.61 Å². The minimum Gasteiger partial charge on any atom is -0.388 e. The van der Waals surface area contributed by atoms with Crippen molar-refractivity contribution in [3.05, 3.63) is 0 Å². The van der Waals surface area contributed by atoms with Gasteiger partial charge < -0.3 is 25.2 Å². The highest BCUT2D eigenvalue weighted by Gasteiger charge is 2.46. The third kappa shape index (κ3) is 1.46. The van der Waals surface area contributed by atoms with Crippen molar-refractivity contribution in [1.29, 1.82) is 0 Å². The lowest BCUT2D eigenvalue weighted by molar-refractivity contribution is -0.321. The maximum Gasteiger partial charge on any atom is 0.194 e. The lowest BCUT2D eigenvalue weighted by Gasteiger charge is -2.41. The third-order valence-corrected chi connectivity index (χ3v) is 2.19. The SMILES string of the molecule is CC[C@@]1(O)OC[C@H](O)[C@@H](O)[C@@H]1O. The average Bonchev–Trinajstić information content (AvgIpc) is 2.09. The predicted octanol–water partition coefficient (Wildman–Crippen LogP) is -1.80. The summed E-state index contributed by atoms with van der Waals surface area (Å²) in [6, 6.07) is 0. The molecule has 0 amide bonds. The van der Waals surface area contributed by atoms with Gasteiger partial charge in [0.15, 0.2) is 5.79 Å². The van der Waals surface area contributed by atoms with Gasteiger partial charge in [0, 0.05) is 6.42 Å². The van der Waals surface area contributed by atoms with Crippen LogP contribution in [0.4, 0.5) is 0 Å². The fourth-order valence-electron chi connectivity index (χ4n) is 1.20. The molecule has 0 aliphatic carbocycles. The molecule has 0 aromatic heterocycles. The maximum atomic E-state index is 9.49. The van der Waals surface area contributed by atoms with Crippen molar-refractivity contribution < 1.29 is 25.2 Å². The van der Waals surface area contributed by atoms with Crippen molar-refractivity contribution in [1.82, 2.24) is 0 Å². The van der Waals surface area contributed by atoms with Gasteiger partial charge in [0.2, 0.25) is 0 Å². The molecular weight excluding hydrogens is 164 g/mol. The summed E-state index contributed by atoms with van der Waals surface area (Å²) in [5, 5.41) is 37.0. The molecule has 12 heavy (non-hydrogen) atoms. The molecular formula is C7H14O5. The highest BCUT2D eigenvalue weighted by Crippen LogP contribution is 2.26. The molecule has 1 aliphatic rings. The van der Waals surface area contributed by atoms with Crippen LogP contribution in [0.25, 0.3) is 0 Å². The first-order chi connectivity index (χ1) is 5.51. The van der Waals surface area contributed by atoms with Crippen molar-refractivity contribution in [3.8, 4) is 0 Å². The summed E-state index contributed by atoms with van der Waals surface area (Å²) in [6.07, 6.45) is -3.76. The van der Waals surface area contributed by atoms with E-state index in [1.54, 1.807) is 6.92 Å². The molecule has 0 aromatic rings. The van der Waals surface area contributed by atoms with Crippen LogP contribution in [0, 0.1) is 0 Å². The Bertz CT molecular complexity index is 162. The van der Waals surface area contributed by atoms with Gasteiger partial charge in [-0.1, -0.05) is 6.92 Å². The smallest absolute Gasteiger partial charge is 0.194 e. The number of hydrogen-bond donors (Lipinski definition) is 4. The Hall–Kier alpha value is -0.200. The molecule has 1 saturated heterocycles. The molecule has 1 aliphatic heterocycles. The van der Waals surface area contributed by atoms with E-state index < -0.39 is 24.1 Å². The van der Waals surface area contributed by atoms with Crippen LogP contribution in [-0.2, 0) is 4.74 Å². The van der Waals surface area contributed by atoms with E-state index in [0.29, 0.717) is 0 Å². The second kappa shape index (κ2) is 3.27. The van der Waals surface area contributed by atoms with Crippen LogP contribution in [0.5, 0.6) is 0 Å². The second-order valence-electron chi connectivity index (χ2n) is 3.01. The fraction of sp³-hybridized carbons (Fsp3) is 1.00. The van der Waals surface area contributed by atoms with Crippen LogP contribution in [0.2, 0.25) is 0 Å². The normalized spacial score (nSPS) is 49.2. The standard InChI is InChI=1S/C7H14O5/c1-2-7(11)6(10)5(9)4(8)3-12-7/h4-6,8-11H,2-3H2,1H3/t4-,5+,6-,7+/m0/s1. The van der Waals surface area contributed by atoms with Crippen molar-refractivity contribution in [3.63, 3.8) is 0 Å². The van der Waals surface area contributed by atoms with Crippen molar-refractivity contribution in [2.75, 3.05) is 6.61 Å². The summed E-state index contributed by atoms with van der Waals surface area (Å²) < 4.78 is 4.81. The minimum atomic E-state index is -1.72. The lowest BCUT2D eigenvalue weighted by Crippen LogP contribution is -2.60. The van der Waals surface area contributed by atoms with Gasteiger partial charge in [-0.2, -0.15) is 0 Å². The third-order valence-electron chi connectivity index (χ3n) is 2.19. The molecule has 4 atom stereocenters.